The van der Waals surface area contributed by atoms with E-state index in [9.17, 15) is 14.4 Å². The molecule has 178 valence electrons. The third-order valence-corrected chi connectivity index (χ3v) is 6.07. The van der Waals surface area contributed by atoms with Crippen molar-refractivity contribution >= 4 is 40.4 Å². The topological polar surface area (TPSA) is 81.8 Å². The maximum Gasteiger partial charge on any atom is 0.278 e. The van der Waals surface area contributed by atoms with Gasteiger partial charge in [0.2, 0.25) is 5.91 Å². The smallest absolute Gasteiger partial charge is 0.278 e. The third kappa shape index (κ3) is 5.14. The minimum atomic E-state index is -0.320. The fourth-order valence-corrected chi connectivity index (χ4v) is 4.47. The molecule has 2 aromatic carbocycles. The molecule has 0 unspecified atom stereocenters. The Morgan fingerprint density at radius 2 is 1.50 bits per heavy atom. The number of amides is 3. The number of carbonyl (C=O) groups is 3. The van der Waals surface area contributed by atoms with Gasteiger partial charge in [-0.25, -0.2) is 0 Å². The van der Waals surface area contributed by atoms with Gasteiger partial charge < -0.3 is 15.5 Å². The molecule has 1 fully saturated rings. The molecule has 2 aliphatic heterocycles. The lowest BCUT2D eigenvalue weighted by Crippen LogP contribution is -2.35. The largest absolute Gasteiger partial charge is 0.372 e. The van der Waals surface area contributed by atoms with Crippen molar-refractivity contribution in [3.8, 4) is 0 Å². The molecule has 3 amide bonds. The summed E-state index contributed by atoms with van der Waals surface area (Å²) in [4.78, 5) is 41.6. The monoisotopic (exact) mass is 460 g/mol. The molecule has 2 aromatic rings. The molecule has 2 N–H and O–H groups in total. The van der Waals surface area contributed by atoms with E-state index >= 15 is 0 Å². The SMILES string of the molecule is CC(=O)Nc1ccc(C2=C(Nc3ccc(N4CCCCC4)cc3)C(=O)N(CC(C)C)C2=O)cc1. The first-order chi connectivity index (χ1) is 16.3. The van der Waals surface area contributed by atoms with Gasteiger partial charge in [-0.1, -0.05) is 26.0 Å². The van der Waals surface area contributed by atoms with Crippen LogP contribution < -0.4 is 15.5 Å². The van der Waals surface area contributed by atoms with Gasteiger partial charge in [-0.05, 0) is 67.1 Å². The molecule has 0 bridgehead atoms. The summed E-state index contributed by atoms with van der Waals surface area (Å²) in [5.74, 6) is -0.643. The van der Waals surface area contributed by atoms with E-state index in [1.165, 1.54) is 36.8 Å². The van der Waals surface area contributed by atoms with Crippen LogP contribution >= 0.6 is 0 Å². The Balaban J connectivity index is 1.63. The van der Waals surface area contributed by atoms with Gasteiger partial charge in [-0.15, -0.1) is 0 Å². The summed E-state index contributed by atoms with van der Waals surface area (Å²) < 4.78 is 0. The molecule has 0 saturated carbocycles. The van der Waals surface area contributed by atoms with E-state index in [2.05, 4.69) is 27.7 Å². The predicted octanol–water partition coefficient (Wildman–Crippen LogP) is 4.48. The lowest BCUT2D eigenvalue weighted by atomic mass is 10.0. The number of nitrogens with one attached hydrogen (secondary N) is 2. The van der Waals surface area contributed by atoms with E-state index in [-0.39, 0.29) is 29.3 Å². The van der Waals surface area contributed by atoms with Crippen LogP contribution in [-0.4, -0.2) is 42.3 Å². The van der Waals surface area contributed by atoms with Gasteiger partial charge in [0.25, 0.3) is 11.8 Å². The fourth-order valence-electron chi connectivity index (χ4n) is 4.47. The minimum Gasteiger partial charge on any atom is -0.372 e. The molecule has 1 saturated heterocycles. The van der Waals surface area contributed by atoms with Gasteiger partial charge in [-0.3, -0.25) is 19.3 Å². The minimum absolute atomic E-state index is 0.152. The number of anilines is 3. The van der Waals surface area contributed by atoms with Crippen molar-refractivity contribution < 1.29 is 14.4 Å². The van der Waals surface area contributed by atoms with Crippen LogP contribution in [0.1, 0.15) is 45.6 Å². The van der Waals surface area contributed by atoms with Gasteiger partial charge in [0.1, 0.15) is 5.70 Å². The zero-order valence-corrected chi connectivity index (χ0v) is 20.1. The molecule has 0 spiro atoms. The van der Waals surface area contributed by atoms with Crippen LogP contribution in [0.25, 0.3) is 5.57 Å². The van der Waals surface area contributed by atoms with Crippen molar-refractivity contribution in [1.29, 1.82) is 0 Å². The molecule has 2 heterocycles. The molecule has 34 heavy (non-hydrogen) atoms. The Kier molecular flexibility index (Phi) is 7.01. The first-order valence-corrected chi connectivity index (χ1v) is 11.9. The van der Waals surface area contributed by atoms with Crippen molar-refractivity contribution in [2.45, 2.75) is 40.0 Å². The summed E-state index contributed by atoms with van der Waals surface area (Å²) in [6.07, 6.45) is 3.69. The summed E-state index contributed by atoms with van der Waals surface area (Å²) >= 11 is 0. The number of carbonyl (C=O) groups excluding carboxylic acids is 3. The van der Waals surface area contributed by atoms with E-state index in [0.717, 1.165) is 18.8 Å². The number of rotatable bonds is 7. The first-order valence-electron chi connectivity index (χ1n) is 11.9. The Hall–Kier alpha value is -3.61. The Bertz CT molecular complexity index is 1100. The van der Waals surface area contributed by atoms with E-state index < -0.39 is 0 Å². The quantitative estimate of drug-likeness (QED) is 0.596. The van der Waals surface area contributed by atoms with Crippen molar-refractivity contribution in [3.63, 3.8) is 0 Å². The van der Waals surface area contributed by atoms with Crippen molar-refractivity contribution in [1.82, 2.24) is 4.90 Å². The number of benzene rings is 2. The molecule has 7 nitrogen and oxygen atoms in total. The summed E-state index contributed by atoms with van der Waals surface area (Å²) in [7, 11) is 0. The summed E-state index contributed by atoms with van der Waals surface area (Å²) in [5, 5.41) is 5.95. The standard InChI is InChI=1S/C27H32N4O3/c1-18(2)17-31-26(33)24(20-7-9-21(10-8-20)28-19(3)32)25(27(31)34)29-22-11-13-23(14-12-22)30-15-5-4-6-16-30/h7-14,18,29H,4-6,15-17H2,1-3H3,(H,28,32). The van der Waals surface area contributed by atoms with E-state index in [0.29, 0.717) is 23.4 Å². The van der Waals surface area contributed by atoms with Gasteiger partial charge in [0, 0.05) is 43.6 Å². The van der Waals surface area contributed by atoms with E-state index in [4.69, 9.17) is 0 Å². The van der Waals surface area contributed by atoms with Crippen molar-refractivity contribution in [2.75, 3.05) is 35.2 Å². The van der Waals surface area contributed by atoms with Crippen LogP contribution in [0.15, 0.2) is 54.2 Å². The predicted molar refractivity (Wildman–Crippen MR) is 135 cm³/mol. The number of nitrogens with zero attached hydrogens (tertiary/aromatic N) is 2. The van der Waals surface area contributed by atoms with Crippen LogP contribution in [0.2, 0.25) is 0 Å². The highest BCUT2D eigenvalue weighted by Gasteiger charge is 2.39. The van der Waals surface area contributed by atoms with Crippen LogP contribution in [0.4, 0.5) is 17.1 Å². The van der Waals surface area contributed by atoms with Crippen molar-refractivity contribution in [2.24, 2.45) is 5.92 Å². The highest BCUT2D eigenvalue weighted by Crippen LogP contribution is 2.32. The average molecular weight is 461 g/mol. The van der Waals surface area contributed by atoms with Gasteiger partial charge in [0.05, 0.1) is 5.57 Å². The van der Waals surface area contributed by atoms with Crippen LogP contribution in [0.3, 0.4) is 0 Å². The molecule has 2 aliphatic rings. The molecule has 7 heteroatoms. The summed E-state index contributed by atoms with van der Waals surface area (Å²) in [6, 6.07) is 15.0. The third-order valence-electron chi connectivity index (χ3n) is 6.07. The number of piperidine rings is 1. The highest BCUT2D eigenvalue weighted by atomic mass is 16.2. The lowest BCUT2D eigenvalue weighted by molar-refractivity contribution is -0.137. The Labute approximate surface area is 200 Å². The van der Waals surface area contributed by atoms with Gasteiger partial charge in [-0.2, -0.15) is 0 Å². The summed E-state index contributed by atoms with van der Waals surface area (Å²) in [5.41, 5.74) is 3.82. The van der Waals surface area contributed by atoms with Crippen molar-refractivity contribution in [3.05, 3.63) is 59.8 Å². The zero-order chi connectivity index (χ0) is 24.2. The van der Waals surface area contributed by atoms with Crippen LogP contribution in [-0.2, 0) is 14.4 Å². The maximum atomic E-state index is 13.3. The Morgan fingerprint density at radius 1 is 0.882 bits per heavy atom. The normalized spacial score (nSPS) is 16.5. The molecule has 0 aliphatic carbocycles. The van der Waals surface area contributed by atoms with Crippen LogP contribution in [0, 0.1) is 5.92 Å². The maximum absolute atomic E-state index is 13.3. The summed E-state index contributed by atoms with van der Waals surface area (Å²) in [6.45, 7) is 7.88. The second-order valence-electron chi connectivity index (χ2n) is 9.34. The molecule has 0 aromatic heterocycles. The number of hydrogen-bond donors (Lipinski definition) is 2. The molecular weight excluding hydrogens is 428 g/mol. The fraction of sp³-hybridized carbons (Fsp3) is 0.370. The average Bonchev–Trinajstić information content (AvgIpc) is 3.04. The van der Waals surface area contributed by atoms with Gasteiger partial charge >= 0.3 is 0 Å². The molecular formula is C27H32N4O3. The number of imide groups is 1. The molecule has 4 rings (SSSR count). The number of hydrogen-bond acceptors (Lipinski definition) is 5. The second-order valence-corrected chi connectivity index (χ2v) is 9.34. The second kappa shape index (κ2) is 10.1. The first kappa shape index (κ1) is 23.5. The lowest BCUT2D eigenvalue weighted by Gasteiger charge is -2.28. The molecule has 0 radical (unpaired) electrons. The zero-order valence-electron chi connectivity index (χ0n) is 20.1. The van der Waals surface area contributed by atoms with Crippen LogP contribution in [0.5, 0.6) is 0 Å². The van der Waals surface area contributed by atoms with Gasteiger partial charge in [0.15, 0.2) is 0 Å². The van der Waals surface area contributed by atoms with E-state index in [1.807, 2.05) is 26.0 Å². The highest BCUT2D eigenvalue weighted by molar-refractivity contribution is 6.36. The molecule has 0 atom stereocenters. The van der Waals surface area contributed by atoms with E-state index in [1.54, 1.807) is 24.3 Å². The Morgan fingerprint density at radius 3 is 2.09 bits per heavy atom.